The predicted molar refractivity (Wildman–Crippen MR) is 93.1 cm³/mol. The fourth-order valence-corrected chi connectivity index (χ4v) is 2.65. The molecule has 0 spiro atoms. The number of rotatable bonds is 5. The smallest absolute Gasteiger partial charge is 0.247 e. The van der Waals surface area contributed by atoms with Crippen molar-refractivity contribution in [3.05, 3.63) is 64.5 Å². The molecular weight excluding hydrogens is 349 g/mol. The maximum atomic E-state index is 12.0. The van der Waals surface area contributed by atoms with Crippen molar-refractivity contribution in [1.82, 2.24) is 10.2 Å². The standard InChI is InChI=1S/C17H13Cl2N3O2/c18-12-8-13(19)10-14(9-12)20-15(23)6-7-16-21-22-17(24-16)11-4-2-1-3-5-11/h1-5,8-10H,6-7H2,(H,20,23). The first-order chi connectivity index (χ1) is 11.6. The van der Waals surface area contributed by atoms with Gasteiger partial charge in [0.25, 0.3) is 0 Å². The van der Waals surface area contributed by atoms with Crippen molar-refractivity contribution in [3.63, 3.8) is 0 Å². The summed E-state index contributed by atoms with van der Waals surface area (Å²) in [5.41, 5.74) is 1.39. The average molecular weight is 362 g/mol. The van der Waals surface area contributed by atoms with E-state index in [0.29, 0.717) is 33.9 Å². The van der Waals surface area contributed by atoms with Crippen molar-refractivity contribution in [2.75, 3.05) is 5.32 Å². The van der Waals surface area contributed by atoms with Gasteiger partial charge in [-0.05, 0) is 30.3 Å². The van der Waals surface area contributed by atoms with Gasteiger partial charge in [0.2, 0.25) is 17.7 Å². The number of hydrogen-bond acceptors (Lipinski definition) is 4. The summed E-state index contributed by atoms with van der Waals surface area (Å²) in [5.74, 6) is 0.661. The molecule has 1 N–H and O–H groups in total. The van der Waals surface area contributed by atoms with E-state index in [0.717, 1.165) is 5.56 Å². The van der Waals surface area contributed by atoms with E-state index in [9.17, 15) is 4.79 Å². The largest absolute Gasteiger partial charge is 0.421 e. The van der Waals surface area contributed by atoms with Gasteiger partial charge in [-0.3, -0.25) is 4.79 Å². The minimum Gasteiger partial charge on any atom is -0.421 e. The molecule has 2 aromatic carbocycles. The summed E-state index contributed by atoms with van der Waals surface area (Å²) in [5, 5.41) is 11.6. The summed E-state index contributed by atoms with van der Waals surface area (Å²) in [6, 6.07) is 14.3. The highest BCUT2D eigenvalue weighted by Crippen LogP contribution is 2.23. The minimum absolute atomic E-state index is 0.187. The number of aryl methyl sites for hydroxylation is 1. The molecule has 1 aromatic heterocycles. The molecule has 1 amide bonds. The van der Waals surface area contributed by atoms with Crippen LogP contribution in [-0.2, 0) is 11.2 Å². The van der Waals surface area contributed by atoms with Gasteiger partial charge in [0.15, 0.2) is 0 Å². The Kier molecular flexibility index (Phi) is 5.13. The number of halogens is 2. The highest BCUT2D eigenvalue weighted by Gasteiger charge is 2.11. The molecule has 3 rings (SSSR count). The average Bonchev–Trinajstić information content (AvgIpc) is 3.02. The van der Waals surface area contributed by atoms with E-state index in [2.05, 4.69) is 15.5 Å². The Morgan fingerprint density at radius 1 is 1.04 bits per heavy atom. The van der Waals surface area contributed by atoms with Crippen molar-refractivity contribution in [3.8, 4) is 11.5 Å². The van der Waals surface area contributed by atoms with Crippen molar-refractivity contribution < 1.29 is 9.21 Å². The Morgan fingerprint density at radius 2 is 1.75 bits per heavy atom. The van der Waals surface area contributed by atoms with Crippen LogP contribution in [0.2, 0.25) is 10.0 Å². The topological polar surface area (TPSA) is 68.0 Å². The maximum absolute atomic E-state index is 12.0. The summed E-state index contributed by atoms with van der Waals surface area (Å²) in [6.07, 6.45) is 0.556. The lowest BCUT2D eigenvalue weighted by Crippen LogP contribution is -2.12. The number of benzene rings is 2. The molecule has 24 heavy (non-hydrogen) atoms. The molecule has 0 saturated carbocycles. The third kappa shape index (κ3) is 4.34. The molecule has 7 heteroatoms. The Hall–Kier alpha value is -2.37. The highest BCUT2D eigenvalue weighted by molar-refractivity contribution is 6.35. The van der Waals surface area contributed by atoms with Gasteiger partial charge >= 0.3 is 0 Å². The lowest BCUT2D eigenvalue weighted by atomic mass is 10.2. The van der Waals surface area contributed by atoms with Crippen LogP contribution < -0.4 is 5.32 Å². The molecule has 0 aliphatic carbocycles. The van der Waals surface area contributed by atoms with Crippen LogP contribution >= 0.6 is 23.2 Å². The molecule has 0 fully saturated rings. The summed E-state index contributed by atoms with van der Waals surface area (Å²) in [6.45, 7) is 0. The van der Waals surface area contributed by atoms with Gasteiger partial charge in [-0.25, -0.2) is 0 Å². The van der Waals surface area contributed by atoms with Crippen LogP contribution in [0.5, 0.6) is 0 Å². The molecule has 0 bridgehead atoms. The van der Waals surface area contributed by atoms with Crippen molar-refractivity contribution >= 4 is 34.8 Å². The number of aromatic nitrogens is 2. The summed E-state index contributed by atoms with van der Waals surface area (Å²) < 4.78 is 5.56. The molecule has 0 unspecified atom stereocenters. The van der Waals surface area contributed by atoms with E-state index in [-0.39, 0.29) is 12.3 Å². The molecule has 5 nitrogen and oxygen atoms in total. The lowest BCUT2D eigenvalue weighted by molar-refractivity contribution is -0.116. The second kappa shape index (κ2) is 7.47. The van der Waals surface area contributed by atoms with E-state index in [1.165, 1.54) is 0 Å². The van der Waals surface area contributed by atoms with Crippen LogP contribution in [0.15, 0.2) is 52.9 Å². The van der Waals surface area contributed by atoms with Crippen molar-refractivity contribution in [2.24, 2.45) is 0 Å². The molecule has 0 aliphatic heterocycles. The van der Waals surface area contributed by atoms with Crippen LogP contribution in [0.3, 0.4) is 0 Å². The second-order valence-corrected chi connectivity index (χ2v) is 5.95. The number of nitrogens with one attached hydrogen (secondary N) is 1. The van der Waals surface area contributed by atoms with Crippen LogP contribution in [0, 0.1) is 0 Å². The fourth-order valence-electron chi connectivity index (χ4n) is 2.12. The minimum atomic E-state index is -0.187. The maximum Gasteiger partial charge on any atom is 0.247 e. The first-order valence-corrected chi connectivity index (χ1v) is 7.99. The Balaban J connectivity index is 1.58. The number of nitrogens with zero attached hydrogens (tertiary/aromatic N) is 2. The SMILES string of the molecule is O=C(CCc1nnc(-c2ccccc2)o1)Nc1cc(Cl)cc(Cl)c1. The van der Waals surface area contributed by atoms with E-state index in [1.807, 2.05) is 30.3 Å². The van der Waals surface area contributed by atoms with Gasteiger partial charge in [-0.15, -0.1) is 10.2 Å². The lowest BCUT2D eigenvalue weighted by Gasteiger charge is -2.05. The van der Waals surface area contributed by atoms with Crippen molar-refractivity contribution in [2.45, 2.75) is 12.8 Å². The van der Waals surface area contributed by atoms with E-state index in [4.69, 9.17) is 27.6 Å². The molecule has 0 aliphatic rings. The van der Waals surface area contributed by atoms with E-state index >= 15 is 0 Å². The number of hydrogen-bond donors (Lipinski definition) is 1. The molecule has 0 radical (unpaired) electrons. The first-order valence-electron chi connectivity index (χ1n) is 7.24. The molecule has 122 valence electrons. The van der Waals surface area contributed by atoms with Crippen LogP contribution in [-0.4, -0.2) is 16.1 Å². The van der Waals surface area contributed by atoms with Gasteiger partial charge in [-0.1, -0.05) is 41.4 Å². The highest BCUT2D eigenvalue weighted by atomic mass is 35.5. The molecule has 0 saturated heterocycles. The second-order valence-electron chi connectivity index (χ2n) is 5.07. The number of carbonyl (C=O) groups is 1. The Labute approximate surface area is 148 Å². The fraction of sp³-hybridized carbons (Fsp3) is 0.118. The van der Waals surface area contributed by atoms with E-state index in [1.54, 1.807) is 18.2 Å². The van der Waals surface area contributed by atoms with Gasteiger partial charge < -0.3 is 9.73 Å². The Morgan fingerprint density at radius 3 is 2.46 bits per heavy atom. The van der Waals surface area contributed by atoms with Gasteiger partial charge in [-0.2, -0.15) is 0 Å². The first kappa shape index (κ1) is 16.5. The van der Waals surface area contributed by atoms with Crippen LogP contribution in [0.4, 0.5) is 5.69 Å². The monoisotopic (exact) mass is 361 g/mol. The molecule has 1 heterocycles. The zero-order chi connectivity index (χ0) is 16.9. The zero-order valence-corrected chi connectivity index (χ0v) is 14.0. The Bertz CT molecular complexity index is 830. The number of amides is 1. The summed E-state index contributed by atoms with van der Waals surface area (Å²) in [7, 11) is 0. The summed E-state index contributed by atoms with van der Waals surface area (Å²) >= 11 is 11.8. The van der Waals surface area contributed by atoms with E-state index < -0.39 is 0 Å². The third-order valence-corrected chi connectivity index (χ3v) is 3.64. The van der Waals surface area contributed by atoms with Crippen LogP contribution in [0.1, 0.15) is 12.3 Å². The van der Waals surface area contributed by atoms with Gasteiger partial charge in [0.05, 0.1) is 0 Å². The molecule has 3 aromatic rings. The predicted octanol–water partition coefficient (Wildman–Crippen LogP) is 4.61. The third-order valence-electron chi connectivity index (χ3n) is 3.20. The normalized spacial score (nSPS) is 10.6. The van der Waals surface area contributed by atoms with Crippen LogP contribution in [0.25, 0.3) is 11.5 Å². The zero-order valence-electron chi connectivity index (χ0n) is 12.5. The number of anilines is 1. The van der Waals surface area contributed by atoms with Gasteiger partial charge in [0.1, 0.15) is 0 Å². The quantitative estimate of drug-likeness (QED) is 0.719. The number of carbonyl (C=O) groups excluding carboxylic acids is 1. The molecule has 0 atom stereocenters. The summed E-state index contributed by atoms with van der Waals surface area (Å²) in [4.78, 5) is 12.0. The van der Waals surface area contributed by atoms with Gasteiger partial charge in [0, 0.05) is 34.1 Å². The van der Waals surface area contributed by atoms with Crippen molar-refractivity contribution in [1.29, 1.82) is 0 Å². The molecular formula is C17H13Cl2N3O2.